The van der Waals surface area contributed by atoms with Gasteiger partial charge in [0.25, 0.3) is 0 Å². The average molecular weight is 447 g/mol. The quantitative estimate of drug-likeness (QED) is 0.401. The Morgan fingerprint density at radius 2 is 1.88 bits per heavy atom. The first-order valence-electron chi connectivity index (χ1n) is 10.6. The Bertz CT molecular complexity index is 1190. The van der Waals surface area contributed by atoms with E-state index < -0.39 is 6.04 Å². The first-order valence-corrected chi connectivity index (χ1v) is 10.6. The maximum atomic E-state index is 13.5. The van der Waals surface area contributed by atoms with E-state index in [1.54, 1.807) is 30.2 Å². The van der Waals surface area contributed by atoms with Gasteiger partial charge in [-0.05, 0) is 29.8 Å². The zero-order valence-electron chi connectivity index (χ0n) is 18.3. The van der Waals surface area contributed by atoms with Gasteiger partial charge in [-0.2, -0.15) is 0 Å². The van der Waals surface area contributed by atoms with E-state index in [1.807, 2.05) is 54.6 Å². The van der Waals surface area contributed by atoms with Gasteiger partial charge in [-0.15, -0.1) is 5.10 Å². The number of nitrogens with one attached hydrogen (secondary N) is 1. The molecule has 1 N–H and O–H groups in total. The second kappa shape index (κ2) is 10.6. The summed E-state index contributed by atoms with van der Waals surface area (Å²) in [5, 5.41) is 11.1. The molecule has 0 fully saturated rings. The lowest BCUT2D eigenvalue weighted by atomic mass is 10.0. The molecule has 0 aliphatic heterocycles. The van der Waals surface area contributed by atoms with Crippen molar-refractivity contribution in [1.29, 1.82) is 0 Å². The van der Waals surface area contributed by atoms with Crippen LogP contribution >= 0.6 is 0 Å². The smallest absolute Gasteiger partial charge is 0.247 e. The number of nitrogens with zero attached hydrogens (tertiary/aromatic N) is 4. The number of para-hydroxylation sites is 1. The average Bonchev–Trinajstić information content (AvgIpc) is 3.51. The molecule has 0 aliphatic rings. The van der Waals surface area contributed by atoms with Crippen LogP contribution in [0.1, 0.15) is 17.4 Å². The van der Waals surface area contributed by atoms with Crippen LogP contribution in [0.2, 0.25) is 0 Å². The van der Waals surface area contributed by atoms with Crippen molar-refractivity contribution >= 4 is 22.8 Å². The highest BCUT2D eigenvalue weighted by Gasteiger charge is 2.31. The molecule has 0 bridgehead atoms. The van der Waals surface area contributed by atoms with Gasteiger partial charge < -0.3 is 19.4 Å². The van der Waals surface area contributed by atoms with Crippen molar-refractivity contribution < 1.29 is 18.7 Å². The summed E-state index contributed by atoms with van der Waals surface area (Å²) in [6, 6.07) is 19.3. The number of carbonyl (C=O) groups excluding carboxylic acids is 2. The number of furan rings is 1. The predicted molar refractivity (Wildman–Crippen MR) is 121 cm³/mol. The topological polar surface area (TPSA) is 102 Å². The number of ether oxygens (including phenoxy) is 1. The number of methoxy groups -OCH3 is 1. The first-order chi connectivity index (χ1) is 16.2. The Morgan fingerprint density at radius 3 is 2.64 bits per heavy atom. The van der Waals surface area contributed by atoms with Crippen molar-refractivity contribution in [2.75, 3.05) is 20.3 Å². The molecule has 0 saturated heterocycles. The van der Waals surface area contributed by atoms with Gasteiger partial charge >= 0.3 is 0 Å². The Kier molecular flexibility index (Phi) is 7.11. The van der Waals surface area contributed by atoms with E-state index in [0.29, 0.717) is 16.8 Å². The van der Waals surface area contributed by atoms with Gasteiger partial charge in [-0.25, -0.2) is 4.68 Å². The van der Waals surface area contributed by atoms with E-state index >= 15 is 0 Å². The fourth-order valence-corrected chi connectivity index (χ4v) is 3.63. The number of fused-ring (bicyclic) bond motifs is 1. The fraction of sp³-hybridized carbons (Fsp3) is 0.250. The summed E-state index contributed by atoms with van der Waals surface area (Å²) < 4.78 is 12.1. The highest BCUT2D eigenvalue weighted by molar-refractivity contribution is 5.89. The molecule has 4 rings (SSSR count). The number of benzene rings is 2. The SMILES string of the molecule is COCCN(C(=O)Cn1nnc2ccccc21)[C@@H](C(=O)NCc1ccco1)c1ccccc1. The third-order valence-corrected chi connectivity index (χ3v) is 5.25. The second-order valence-corrected chi connectivity index (χ2v) is 7.43. The molecule has 1 atom stereocenters. The van der Waals surface area contributed by atoms with Gasteiger partial charge in [-0.3, -0.25) is 9.59 Å². The second-order valence-electron chi connectivity index (χ2n) is 7.43. The highest BCUT2D eigenvalue weighted by atomic mass is 16.5. The van der Waals surface area contributed by atoms with Crippen LogP contribution in [0, 0.1) is 0 Å². The summed E-state index contributed by atoms with van der Waals surface area (Å²) in [4.78, 5) is 28.4. The predicted octanol–water partition coefficient (Wildman–Crippen LogP) is 2.56. The van der Waals surface area contributed by atoms with Gasteiger partial charge in [0.15, 0.2) is 0 Å². The summed E-state index contributed by atoms with van der Waals surface area (Å²) >= 11 is 0. The number of hydrogen-bond acceptors (Lipinski definition) is 6. The van der Waals surface area contributed by atoms with Gasteiger partial charge in [0.2, 0.25) is 11.8 Å². The molecule has 4 aromatic rings. The van der Waals surface area contributed by atoms with E-state index in [2.05, 4.69) is 15.6 Å². The van der Waals surface area contributed by atoms with Crippen molar-refractivity contribution in [3.05, 3.63) is 84.3 Å². The molecule has 0 unspecified atom stereocenters. The number of aromatic nitrogens is 3. The monoisotopic (exact) mass is 447 g/mol. The Hall–Kier alpha value is -3.98. The van der Waals surface area contributed by atoms with Crippen LogP contribution in [0.4, 0.5) is 0 Å². The fourth-order valence-electron chi connectivity index (χ4n) is 3.63. The van der Waals surface area contributed by atoms with E-state index in [4.69, 9.17) is 9.15 Å². The minimum absolute atomic E-state index is 0.0565. The van der Waals surface area contributed by atoms with Crippen LogP contribution in [0.3, 0.4) is 0 Å². The summed E-state index contributed by atoms with van der Waals surface area (Å²) in [6.07, 6.45) is 1.55. The van der Waals surface area contributed by atoms with E-state index in [-0.39, 0.29) is 38.1 Å². The lowest BCUT2D eigenvalue weighted by Gasteiger charge is -2.31. The third-order valence-electron chi connectivity index (χ3n) is 5.25. The molecule has 2 heterocycles. The maximum absolute atomic E-state index is 13.5. The maximum Gasteiger partial charge on any atom is 0.247 e. The van der Waals surface area contributed by atoms with E-state index in [0.717, 1.165) is 5.52 Å². The number of hydrogen-bond donors (Lipinski definition) is 1. The summed E-state index contributed by atoms with van der Waals surface area (Å²) in [5.74, 6) is 0.0363. The van der Waals surface area contributed by atoms with Crippen molar-refractivity contribution in [2.24, 2.45) is 0 Å². The molecule has 33 heavy (non-hydrogen) atoms. The molecule has 9 nitrogen and oxygen atoms in total. The lowest BCUT2D eigenvalue weighted by Crippen LogP contribution is -2.46. The zero-order chi connectivity index (χ0) is 23.0. The van der Waals surface area contributed by atoms with Crippen molar-refractivity contribution in [3.63, 3.8) is 0 Å². The van der Waals surface area contributed by atoms with Gasteiger partial charge in [0, 0.05) is 13.7 Å². The number of rotatable bonds is 10. The molecule has 0 saturated carbocycles. The summed E-state index contributed by atoms with van der Waals surface area (Å²) in [5.41, 5.74) is 2.14. The minimum Gasteiger partial charge on any atom is -0.467 e. The van der Waals surface area contributed by atoms with Crippen molar-refractivity contribution in [1.82, 2.24) is 25.2 Å². The van der Waals surface area contributed by atoms with Crippen LogP contribution in [-0.4, -0.2) is 52.0 Å². The Morgan fingerprint density at radius 1 is 1.09 bits per heavy atom. The molecule has 0 radical (unpaired) electrons. The number of carbonyl (C=O) groups is 2. The molecule has 9 heteroatoms. The van der Waals surface area contributed by atoms with E-state index in [9.17, 15) is 9.59 Å². The molecule has 2 aromatic carbocycles. The summed E-state index contributed by atoms with van der Waals surface area (Å²) in [6.45, 7) is 0.669. The molecule has 170 valence electrons. The van der Waals surface area contributed by atoms with Crippen LogP contribution < -0.4 is 5.32 Å². The minimum atomic E-state index is -0.849. The lowest BCUT2D eigenvalue weighted by molar-refractivity contribution is -0.142. The standard InChI is InChI=1S/C24H25N5O4/c1-32-15-13-28(22(30)17-29-21-12-6-5-11-20(21)26-27-29)23(18-8-3-2-4-9-18)24(31)25-16-19-10-7-14-33-19/h2-12,14,23H,13,15-17H2,1H3,(H,25,31)/t23-/m1/s1. The third kappa shape index (κ3) is 5.27. The van der Waals surface area contributed by atoms with E-state index in [1.165, 1.54) is 4.90 Å². The van der Waals surface area contributed by atoms with Gasteiger partial charge in [0.1, 0.15) is 23.9 Å². The Labute approximate surface area is 190 Å². The zero-order valence-corrected chi connectivity index (χ0v) is 18.3. The van der Waals surface area contributed by atoms with Crippen molar-refractivity contribution in [2.45, 2.75) is 19.1 Å². The van der Waals surface area contributed by atoms with Crippen molar-refractivity contribution in [3.8, 4) is 0 Å². The normalized spacial score (nSPS) is 11.9. The molecular weight excluding hydrogens is 422 g/mol. The van der Waals surface area contributed by atoms with Gasteiger partial charge in [0.05, 0.1) is 24.9 Å². The molecular formula is C24H25N5O4. The van der Waals surface area contributed by atoms with Crippen LogP contribution in [0.25, 0.3) is 11.0 Å². The van der Waals surface area contributed by atoms with Gasteiger partial charge in [-0.1, -0.05) is 47.7 Å². The largest absolute Gasteiger partial charge is 0.467 e. The summed E-state index contributed by atoms with van der Waals surface area (Å²) in [7, 11) is 1.56. The van der Waals surface area contributed by atoms with Crippen LogP contribution in [0.5, 0.6) is 0 Å². The molecule has 2 aromatic heterocycles. The first kappa shape index (κ1) is 22.2. The highest BCUT2D eigenvalue weighted by Crippen LogP contribution is 2.22. The van der Waals surface area contributed by atoms with Crippen LogP contribution in [-0.2, 0) is 27.4 Å². The molecule has 2 amide bonds. The van der Waals surface area contributed by atoms with Crippen LogP contribution in [0.15, 0.2) is 77.4 Å². The molecule has 0 spiro atoms. The Balaban J connectivity index is 1.61. The number of amides is 2. The molecule has 0 aliphatic carbocycles.